The molecule has 0 radical (unpaired) electrons. The van der Waals surface area contributed by atoms with Crippen molar-refractivity contribution < 1.29 is 4.74 Å². The highest BCUT2D eigenvalue weighted by Gasteiger charge is 2.44. The van der Waals surface area contributed by atoms with Crippen LogP contribution >= 0.6 is 0 Å². The van der Waals surface area contributed by atoms with Crippen molar-refractivity contribution in [1.82, 2.24) is 0 Å². The number of anilines is 6. The Morgan fingerprint density at radius 2 is 1.12 bits per heavy atom. The minimum atomic E-state index is -0.342. The lowest BCUT2D eigenvalue weighted by Crippen LogP contribution is -2.34. The van der Waals surface area contributed by atoms with Crippen molar-refractivity contribution in [2.45, 2.75) is 38.5 Å². The van der Waals surface area contributed by atoms with E-state index < -0.39 is 0 Å². The molecule has 0 amide bonds. The molecule has 0 spiro atoms. The summed E-state index contributed by atoms with van der Waals surface area (Å²) in [5, 5.41) is 0. The zero-order valence-electron chi connectivity index (χ0n) is 29.3. The Hall–Kier alpha value is -6.06. The highest BCUT2D eigenvalue weighted by atomic mass is 16.5. The van der Waals surface area contributed by atoms with Gasteiger partial charge < -0.3 is 14.5 Å². The SMILES string of the molecule is CC1(C)c2ccccc2-c2ccc(N(c3cccc(-c4ccccc4)c3)c3cccc4c3C(C)(C)c3cccc5c3N4c3ccccc3O5)cc21. The third-order valence-corrected chi connectivity index (χ3v) is 11.4. The Balaban J connectivity index is 1.25. The Labute approximate surface area is 300 Å². The molecule has 2 aliphatic heterocycles. The maximum absolute atomic E-state index is 6.54. The number of ether oxygens (including phenoxy) is 1. The number of benzene rings is 7. The second-order valence-electron chi connectivity index (χ2n) is 15.0. The topological polar surface area (TPSA) is 15.7 Å². The molecule has 3 heteroatoms. The summed E-state index contributed by atoms with van der Waals surface area (Å²) in [5.74, 6) is 1.76. The highest BCUT2D eigenvalue weighted by molar-refractivity contribution is 5.97. The summed E-state index contributed by atoms with van der Waals surface area (Å²) in [4.78, 5) is 4.92. The maximum atomic E-state index is 6.54. The molecule has 0 atom stereocenters. The molecule has 0 unspecified atom stereocenters. The molecule has 0 aromatic heterocycles. The second kappa shape index (κ2) is 10.7. The first-order chi connectivity index (χ1) is 24.8. The fourth-order valence-corrected chi connectivity index (χ4v) is 8.95. The Morgan fingerprint density at radius 1 is 0.471 bits per heavy atom. The molecule has 1 aliphatic carbocycles. The van der Waals surface area contributed by atoms with E-state index in [0.717, 1.165) is 39.9 Å². The molecular formula is C48H38N2O. The minimum Gasteiger partial charge on any atom is -0.453 e. The van der Waals surface area contributed by atoms with E-state index in [-0.39, 0.29) is 10.8 Å². The number of fused-ring (bicyclic) bond motifs is 7. The van der Waals surface area contributed by atoms with Crippen molar-refractivity contribution in [2.24, 2.45) is 0 Å². The molecule has 51 heavy (non-hydrogen) atoms. The number of hydrogen-bond donors (Lipinski definition) is 0. The molecule has 0 saturated carbocycles. The number of nitrogens with zero attached hydrogens (tertiary/aromatic N) is 2. The van der Waals surface area contributed by atoms with Gasteiger partial charge in [0.15, 0.2) is 11.5 Å². The van der Waals surface area contributed by atoms with E-state index in [4.69, 9.17) is 4.74 Å². The number of hydrogen-bond acceptors (Lipinski definition) is 3. The molecule has 246 valence electrons. The molecule has 0 saturated heterocycles. The smallest absolute Gasteiger partial charge is 0.151 e. The second-order valence-corrected chi connectivity index (χ2v) is 15.0. The Kier molecular flexibility index (Phi) is 6.27. The van der Waals surface area contributed by atoms with Gasteiger partial charge in [-0.2, -0.15) is 0 Å². The van der Waals surface area contributed by atoms with Crippen LogP contribution in [0.15, 0.2) is 158 Å². The van der Waals surface area contributed by atoms with Crippen molar-refractivity contribution in [3.05, 3.63) is 180 Å². The predicted octanol–water partition coefficient (Wildman–Crippen LogP) is 13.3. The minimum absolute atomic E-state index is 0.123. The summed E-state index contributed by atoms with van der Waals surface area (Å²) >= 11 is 0. The lowest BCUT2D eigenvalue weighted by Gasteiger charge is -2.46. The molecule has 10 rings (SSSR count). The quantitative estimate of drug-likeness (QED) is 0.187. The van der Waals surface area contributed by atoms with Gasteiger partial charge in [-0.3, -0.25) is 0 Å². The third-order valence-electron chi connectivity index (χ3n) is 11.4. The van der Waals surface area contributed by atoms with E-state index in [2.05, 4.69) is 189 Å². The monoisotopic (exact) mass is 658 g/mol. The van der Waals surface area contributed by atoms with Gasteiger partial charge in [0.25, 0.3) is 0 Å². The van der Waals surface area contributed by atoms with Crippen LogP contribution in [0, 0.1) is 0 Å². The van der Waals surface area contributed by atoms with E-state index in [1.54, 1.807) is 0 Å². The summed E-state index contributed by atoms with van der Waals surface area (Å²) in [6.07, 6.45) is 0. The van der Waals surface area contributed by atoms with Crippen molar-refractivity contribution in [3.8, 4) is 33.8 Å². The highest BCUT2D eigenvalue weighted by Crippen LogP contribution is 2.62. The molecule has 2 heterocycles. The zero-order chi connectivity index (χ0) is 34.5. The molecule has 7 aromatic carbocycles. The number of rotatable bonds is 4. The number of para-hydroxylation sites is 3. The molecule has 0 fully saturated rings. The third kappa shape index (κ3) is 4.24. The van der Waals surface area contributed by atoms with Crippen LogP contribution in [-0.4, -0.2) is 0 Å². The van der Waals surface area contributed by atoms with Gasteiger partial charge in [-0.05, 0) is 93.5 Å². The van der Waals surface area contributed by atoms with Crippen molar-refractivity contribution >= 4 is 34.1 Å². The standard InChI is InChI=1S/C48H38N2O/c1-47(2)37-20-9-8-19-35(37)36-28-27-34(30-39(36)47)49(33-18-12-17-32(29-33)31-15-6-5-7-16-31)41-23-14-24-42-45(41)48(3,4)38-21-13-26-44-46(38)50(42)40-22-10-11-25-43(40)51-44/h5-30H,1-4H3. The molecule has 0 N–H and O–H groups in total. The van der Waals surface area contributed by atoms with Gasteiger partial charge in [0, 0.05) is 27.8 Å². The molecule has 3 nitrogen and oxygen atoms in total. The molecule has 3 aliphatic rings. The first-order valence-electron chi connectivity index (χ1n) is 17.9. The normalized spacial score (nSPS) is 15.1. The van der Waals surface area contributed by atoms with Crippen LogP contribution in [0.1, 0.15) is 49.9 Å². The van der Waals surface area contributed by atoms with Gasteiger partial charge in [-0.25, -0.2) is 0 Å². The Morgan fingerprint density at radius 3 is 2.00 bits per heavy atom. The maximum Gasteiger partial charge on any atom is 0.151 e. The van der Waals surface area contributed by atoms with Gasteiger partial charge in [0.1, 0.15) is 0 Å². The Bertz CT molecular complexity index is 2530. The lowest BCUT2D eigenvalue weighted by atomic mass is 9.72. The fraction of sp³-hybridized carbons (Fsp3) is 0.125. The summed E-state index contributed by atoms with van der Waals surface area (Å²) in [7, 11) is 0. The van der Waals surface area contributed by atoms with Crippen molar-refractivity contribution in [1.29, 1.82) is 0 Å². The van der Waals surface area contributed by atoms with Crippen molar-refractivity contribution in [3.63, 3.8) is 0 Å². The summed E-state index contributed by atoms with van der Waals surface area (Å²) in [6, 6.07) is 57.4. The lowest BCUT2D eigenvalue weighted by molar-refractivity contribution is 0.471. The summed E-state index contributed by atoms with van der Waals surface area (Å²) < 4.78 is 6.54. The van der Waals surface area contributed by atoms with E-state index in [1.807, 2.05) is 6.07 Å². The summed E-state index contributed by atoms with van der Waals surface area (Å²) in [5.41, 5.74) is 16.6. The van der Waals surface area contributed by atoms with E-state index in [1.165, 1.54) is 50.2 Å². The molecular weight excluding hydrogens is 621 g/mol. The van der Waals surface area contributed by atoms with Gasteiger partial charge >= 0.3 is 0 Å². The first kappa shape index (κ1) is 29.8. The van der Waals surface area contributed by atoms with Crippen molar-refractivity contribution in [2.75, 3.05) is 9.80 Å². The average Bonchev–Trinajstić information content (AvgIpc) is 3.39. The van der Waals surface area contributed by atoms with E-state index >= 15 is 0 Å². The van der Waals surface area contributed by atoms with Crippen LogP contribution in [0.3, 0.4) is 0 Å². The van der Waals surface area contributed by atoms with Crippen LogP contribution in [0.5, 0.6) is 11.5 Å². The average molecular weight is 659 g/mol. The largest absolute Gasteiger partial charge is 0.453 e. The fourth-order valence-electron chi connectivity index (χ4n) is 8.95. The van der Waals surface area contributed by atoms with E-state index in [0.29, 0.717) is 0 Å². The zero-order valence-corrected chi connectivity index (χ0v) is 29.3. The van der Waals surface area contributed by atoms with Gasteiger partial charge in [-0.15, -0.1) is 0 Å². The molecule has 7 aromatic rings. The first-order valence-corrected chi connectivity index (χ1v) is 17.9. The molecule has 0 bridgehead atoms. The van der Waals surface area contributed by atoms with Crippen LogP contribution in [0.25, 0.3) is 22.3 Å². The van der Waals surface area contributed by atoms with Gasteiger partial charge in [0.05, 0.1) is 22.7 Å². The van der Waals surface area contributed by atoms with Crippen LogP contribution in [-0.2, 0) is 10.8 Å². The van der Waals surface area contributed by atoms with Crippen LogP contribution < -0.4 is 14.5 Å². The van der Waals surface area contributed by atoms with E-state index in [9.17, 15) is 0 Å². The van der Waals surface area contributed by atoms with Gasteiger partial charge in [0.2, 0.25) is 0 Å². The predicted molar refractivity (Wildman–Crippen MR) is 211 cm³/mol. The van der Waals surface area contributed by atoms with Crippen LogP contribution in [0.4, 0.5) is 34.1 Å². The summed E-state index contributed by atoms with van der Waals surface area (Å²) in [6.45, 7) is 9.45. The van der Waals surface area contributed by atoms with Crippen LogP contribution in [0.2, 0.25) is 0 Å². The van der Waals surface area contributed by atoms with Gasteiger partial charge in [-0.1, -0.05) is 131 Å².